The molecule has 3 nitrogen and oxygen atoms in total. The molecule has 1 aliphatic heterocycles. The molecule has 0 fully saturated rings. The Balaban J connectivity index is 1.96. The van der Waals surface area contributed by atoms with Gasteiger partial charge in [0, 0.05) is 10.6 Å². The standard InChI is InChI=1S/C16H8Cl3NO2/c17-11-3-1-2-9(6-11)7-14-16(21)22-15(20-14)10-4-5-12(18)13(19)8-10/h1-8H/b14-7-. The van der Waals surface area contributed by atoms with Crippen LogP contribution in [0.2, 0.25) is 15.1 Å². The van der Waals surface area contributed by atoms with E-state index in [-0.39, 0.29) is 11.6 Å². The fraction of sp³-hybridized carbons (Fsp3) is 0. The maximum atomic E-state index is 11.9. The van der Waals surface area contributed by atoms with Gasteiger partial charge in [-0.1, -0.05) is 46.9 Å². The van der Waals surface area contributed by atoms with Gasteiger partial charge in [0.05, 0.1) is 10.0 Å². The van der Waals surface area contributed by atoms with Gasteiger partial charge in [-0.2, -0.15) is 0 Å². The molecule has 0 aromatic heterocycles. The van der Waals surface area contributed by atoms with Crippen LogP contribution in [-0.4, -0.2) is 11.9 Å². The van der Waals surface area contributed by atoms with Gasteiger partial charge in [0.1, 0.15) is 0 Å². The summed E-state index contributed by atoms with van der Waals surface area (Å²) in [7, 11) is 0. The van der Waals surface area contributed by atoms with E-state index in [2.05, 4.69) is 4.99 Å². The van der Waals surface area contributed by atoms with Crippen molar-refractivity contribution in [2.45, 2.75) is 0 Å². The molecule has 2 aromatic carbocycles. The highest BCUT2D eigenvalue weighted by Gasteiger charge is 2.24. The molecule has 0 N–H and O–H groups in total. The van der Waals surface area contributed by atoms with Crippen LogP contribution >= 0.6 is 34.8 Å². The van der Waals surface area contributed by atoms with E-state index in [1.54, 1.807) is 42.5 Å². The summed E-state index contributed by atoms with van der Waals surface area (Å²) >= 11 is 17.7. The third-order valence-electron chi connectivity index (χ3n) is 2.94. The zero-order valence-corrected chi connectivity index (χ0v) is 13.3. The number of nitrogens with zero attached hydrogens (tertiary/aromatic N) is 1. The van der Waals surface area contributed by atoms with Crippen LogP contribution in [0.25, 0.3) is 6.08 Å². The van der Waals surface area contributed by atoms with Gasteiger partial charge in [-0.25, -0.2) is 9.79 Å². The van der Waals surface area contributed by atoms with Gasteiger partial charge in [0.25, 0.3) is 0 Å². The lowest BCUT2D eigenvalue weighted by molar-refractivity contribution is -0.129. The molecule has 0 atom stereocenters. The predicted octanol–water partition coefficient (Wildman–Crippen LogP) is 4.99. The number of carbonyl (C=O) groups is 1. The number of cyclic esters (lactones) is 1. The fourth-order valence-electron chi connectivity index (χ4n) is 1.92. The average Bonchev–Trinajstić information content (AvgIpc) is 2.83. The number of ether oxygens (including phenoxy) is 1. The minimum Gasteiger partial charge on any atom is -0.402 e. The number of halogens is 3. The molecular formula is C16H8Cl3NO2. The summed E-state index contributed by atoms with van der Waals surface area (Å²) in [5.41, 5.74) is 1.54. The van der Waals surface area contributed by atoms with E-state index in [1.807, 2.05) is 6.07 Å². The summed E-state index contributed by atoms with van der Waals surface area (Å²) in [6.07, 6.45) is 1.61. The van der Waals surface area contributed by atoms with Crippen LogP contribution < -0.4 is 0 Å². The molecule has 0 radical (unpaired) electrons. The van der Waals surface area contributed by atoms with Gasteiger partial charge in [0.15, 0.2) is 5.70 Å². The number of benzene rings is 2. The minimum absolute atomic E-state index is 0.192. The fourth-order valence-corrected chi connectivity index (χ4v) is 2.41. The largest absolute Gasteiger partial charge is 0.402 e. The highest BCUT2D eigenvalue weighted by Crippen LogP contribution is 2.26. The molecule has 2 aromatic rings. The van der Waals surface area contributed by atoms with Crippen molar-refractivity contribution in [3.8, 4) is 0 Å². The zero-order valence-electron chi connectivity index (χ0n) is 11.0. The van der Waals surface area contributed by atoms with E-state index < -0.39 is 5.97 Å². The zero-order chi connectivity index (χ0) is 15.7. The van der Waals surface area contributed by atoms with Crippen molar-refractivity contribution in [2.75, 3.05) is 0 Å². The van der Waals surface area contributed by atoms with Crippen molar-refractivity contribution in [1.82, 2.24) is 0 Å². The van der Waals surface area contributed by atoms with Crippen molar-refractivity contribution < 1.29 is 9.53 Å². The Kier molecular flexibility index (Phi) is 4.21. The van der Waals surface area contributed by atoms with Crippen LogP contribution in [-0.2, 0) is 9.53 Å². The Hall–Kier alpha value is -1.81. The second kappa shape index (κ2) is 6.13. The lowest BCUT2D eigenvalue weighted by Gasteiger charge is -2.01. The Morgan fingerprint density at radius 2 is 1.82 bits per heavy atom. The lowest BCUT2D eigenvalue weighted by atomic mass is 10.2. The molecule has 0 saturated heterocycles. The molecule has 1 heterocycles. The molecule has 3 rings (SSSR count). The summed E-state index contributed by atoms with van der Waals surface area (Å²) in [6, 6.07) is 12.0. The third-order valence-corrected chi connectivity index (χ3v) is 3.91. The summed E-state index contributed by atoms with van der Waals surface area (Å²) in [6.45, 7) is 0. The van der Waals surface area contributed by atoms with Gasteiger partial charge in [0.2, 0.25) is 5.90 Å². The second-order valence-electron chi connectivity index (χ2n) is 4.52. The average molecular weight is 353 g/mol. The minimum atomic E-state index is -0.527. The maximum absolute atomic E-state index is 11.9. The van der Waals surface area contributed by atoms with Crippen molar-refractivity contribution in [1.29, 1.82) is 0 Å². The molecule has 0 amide bonds. The maximum Gasteiger partial charge on any atom is 0.363 e. The number of aliphatic imine (C=N–C) groups is 1. The summed E-state index contributed by atoms with van der Waals surface area (Å²) in [5.74, 6) is -0.335. The van der Waals surface area contributed by atoms with Crippen molar-refractivity contribution >= 4 is 52.7 Å². The monoisotopic (exact) mass is 351 g/mol. The van der Waals surface area contributed by atoms with E-state index in [1.165, 1.54) is 0 Å². The number of hydrogen-bond acceptors (Lipinski definition) is 3. The molecule has 110 valence electrons. The summed E-state index contributed by atoms with van der Waals surface area (Å²) in [4.78, 5) is 16.1. The lowest BCUT2D eigenvalue weighted by Crippen LogP contribution is -2.05. The molecule has 0 spiro atoms. The number of rotatable bonds is 2. The van der Waals surface area contributed by atoms with Crippen LogP contribution in [0.5, 0.6) is 0 Å². The van der Waals surface area contributed by atoms with Crippen LogP contribution in [0, 0.1) is 0 Å². The van der Waals surface area contributed by atoms with Crippen molar-refractivity contribution in [2.24, 2.45) is 4.99 Å². The smallest absolute Gasteiger partial charge is 0.363 e. The SMILES string of the molecule is O=C1OC(c2ccc(Cl)c(Cl)c2)=N/C1=C\c1cccc(Cl)c1. The quantitative estimate of drug-likeness (QED) is 0.564. The first-order chi connectivity index (χ1) is 10.5. The van der Waals surface area contributed by atoms with E-state index in [0.29, 0.717) is 20.6 Å². The highest BCUT2D eigenvalue weighted by molar-refractivity contribution is 6.42. The Labute approximate surface area is 141 Å². The van der Waals surface area contributed by atoms with Gasteiger partial charge in [-0.05, 0) is 42.0 Å². The van der Waals surface area contributed by atoms with Gasteiger partial charge in [-0.3, -0.25) is 0 Å². The van der Waals surface area contributed by atoms with E-state index in [4.69, 9.17) is 39.5 Å². The van der Waals surface area contributed by atoms with E-state index in [9.17, 15) is 4.79 Å². The molecule has 1 aliphatic rings. The first-order valence-electron chi connectivity index (χ1n) is 6.26. The first kappa shape index (κ1) is 15.1. The Morgan fingerprint density at radius 3 is 2.55 bits per heavy atom. The van der Waals surface area contributed by atoms with Crippen LogP contribution in [0.4, 0.5) is 0 Å². The van der Waals surface area contributed by atoms with E-state index >= 15 is 0 Å². The van der Waals surface area contributed by atoms with Crippen LogP contribution in [0.1, 0.15) is 11.1 Å². The van der Waals surface area contributed by atoms with Gasteiger partial charge >= 0.3 is 5.97 Å². The molecule has 22 heavy (non-hydrogen) atoms. The molecule has 0 saturated carbocycles. The van der Waals surface area contributed by atoms with Gasteiger partial charge < -0.3 is 4.74 Å². The number of hydrogen-bond donors (Lipinski definition) is 0. The molecule has 0 bridgehead atoms. The Morgan fingerprint density at radius 1 is 1.00 bits per heavy atom. The molecule has 6 heteroatoms. The second-order valence-corrected chi connectivity index (χ2v) is 5.77. The third kappa shape index (κ3) is 3.17. The number of esters is 1. The van der Waals surface area contributed by atoms with Crippen molar-refractivity contribution in [3.05, 3.63) is 74.4 Å². The summed E-state index contributed by atoms with van der Waals surface area (Å²) < 4.78 is 5.17. The molecule has 0 aliphatic carbocycles. The molecule has 0 unspecified atom stereocenters. The van der Waals surface area contributed by atoms with Crippen molar-refractivity contribution in [3.63, 3.8) is 0 Å². The Bertz CT molecular complexity index is 828. The molecular weight excluding hydrogens is 345 g/mol. The predicted molar refractivity (Wildman–Crippen MR) is 88.5 cm³/mol. The summed E-state index contributed by atoms with van der Waals surface area (Å²) in [5, 5.41) is 1.37. The van der Waals surface area contributed by atoms with Crippen LogP contribution in [0.15, 0.2) is 53.2 Å². The normalized spacial score (nSPS) is 15.9. The number of carbonyl (C=O) groups excluding carboxylic acids is 1. The van der Waals surface area contributed by atoms with Gasteiger partial charge in [-0.15, -0.1) is 0 Å². The topological polar surface area (TPSA) is 38.7 Å². The van der Waals surface area contributed by atoms with E-state index in [0.717, 1.165) is 5.56 Å². The first-order valence-corrected chi connectivity index (χ1v) is 7.40. The highest BCUT2D eigenvalue weighted by atomic mass is 35.5. The van der Waals surface area contributed by atoms with Crippen LogP contribution in [0.3, 0.4) is 0 Å².